The highest BCUT2D eigenvalue weighted by Gasteiger charge is 2.20. The van der Waals surface area contributed by atoms with E-state index in [4.69, 9.17) is 13.9 Å². The monoisotopic (exact) mass is 418 g/mol. The summed E-state index contributed by atoms with van der Waals surface area (Å²) < 4.78 is 30.0. The summed E-state index contributed by atoms with van der Waals surface area (Å²) in [6.07, 6.45) is 2.66. The molecule has 0 atom stereocenters. The van der Waals surface area contributed by atoms with E-state index >= 15 is 0 Å². The smallest absolute Gasteiger partial charge is 0.226 e. The van der Waals surface area contributed by atoms with Crippen LogP contribution in [-0.4, -0.2) is 30.6 Å². The molecule has 5 nitrogen and oxygen atoms in total. The molecule has 0 bridgehead atoms. The largest absolute Gasteiger partial charge is 0.493 e. The Hall–Kier alpha value is -3.38. The molecule has 0 aliphatic carbocycles. The predicted molar refractivity (Wildman–Crippen MR) is 117 cm³/mol. The van der Waals surface area contributed by atoms with Crippen molar-refractivity contribution in [1.82, 2.24) is 9.88 Å². The highest BCUT2D eigenvalue weighted by molar-refractivity contribution is 5.86. The molecule has 0 N–H and O–H groups in total. The molecule has 2 heterocycles. The minimum Gasteiger partial charge on any atom is -0.493 e. The van der Waals surface area contributed by atoms with Gasteiger partial charge in [0, 0.05) is 25.2 Å². The van der Waals surface area contributed by atoms with Crippen molar-refractivity contribution in [3.8, 4) is 23.0 Å². The summed E-state index contributed by atoms with van der Waals surface area (Å²) in [6, 6.07) is 14.7. The van der Waals surface area contributed by atoms with E-state index in [1.54, 1.807) is 26.5 Å². The van der Waals surface area contributed by atoms with E-state index in [9.17, 15) is 4.39 Å². The first-order valence-electron chi connectivity index (χ1n) is 10.2. The van der Waals surface area contributed by atoms with E-state index in [0.717, 1.165) is 53.0 Å². The first-order valence-corrected chi connectivity index (χ1v) is 10.2. The van der Waals surface area contributed by atoms with Crippen molar-refractivity contribution in [2.75, 3.05) is 20.8 Å². The highest BCUT2D eigenvalue weighted by Crippen LogP contribution is 2.33. The zero-order valence-electron chi connectivity index (χ0n) is 17.5. The molecule has 4 aromatic rings. The number of hydrogen-bond acceptors (Lipinski definition) is 5. The highest BCUT2D eigenvalue weighted by atomic mass is 19.1. The van der Waals surface area contributed by atoms with Crippen molar-refractivity contribution in [3.05, 3.63) is 77.4 Å². The van der Waals surface area contributed by atoms with Gasteiger partial charge in [-0.25, -0.2) is 9.37 Å². The summed E-state index contributed by atoms with van der Waals surface area (Å²) in [6.45, 7) is 2.46. The van der Waals surface area contributed by atoms with Gasteiger partial charge in [0.2, 0.25) is 5.89 Å². The number of benzene rings is 3. The summed E-state index contributed by atoms with van der Waals surface area (Å²) in [5.74, 6) is 1.86. The SMILES string of the molecule is COc1cc2c(cc1OC)CN(Cc1coc(-c3ccc4cc(F)ccc4c3)n1)CC2. The van der Waals surface area contributed by atoms with Gasteiger partial charge in [-0.2, -0.15) is 0 Å². The quantitative estimate of drug-likeness (QED) is 0.445. The van der Waals surface area contributed by atoms with Gasteiger partial charge >= 0.3 is 0 Å². The number of ether oxygens (including phenoxy) is 2. The molecule has 0 fully saturated rings. The molecule has 158 valence electrons. The molecule has 1 aliphatic rings. The lowest BCUT2D eigenvalue weighted by Crippen LogP contribution is -2.30. The van der Waals surface area contributed by atoms with Crippen LogP contribution in [0.1, 0.15) is 16.8 Å². The summed E-state index contributed by atoms with van der Waals surface area (Å²) in [5.41, 5.74) is 4.31. The number of methoxy groups -OCH3 is 2. The van der Waals surface area contributed by atoms with Crippen LogP contribution in [-0.2, 0) is 19.5 Å². The zero-order valence-corrected chi connectivity index (χ0v) is 17.5. The number of rotatable bonds is 5. The van der Waals surface area contributed by atoms with Crippen molar-refractivity contribution in [3.63, 3.8) is 0 Å². The molecule has 0 spiro atoms. The average molecular weight is 418 g/mol. The lowest BCUT2D eigenvalue weighted by atomic mass is 9.98. The number of hydrogen-bond donors (Lipinski definition) is 0. The number of halogens is 1. The minimum absolute atomic E-state index is 0.238. The summed E-state index contributed by atoms with van der Waals surface area (Å²) in [4.78, 5) is 7.04. The topological polar surface area (TPSA) is 47.7 Å². The Morgan fingerprint density at radius 2 is 1.71 bits per heavy atom. The minimum atomic E-state index is -0.238. The molecule has 0 saturated carbocycles. The Morgan fingerprint density at radius 3 is 2.52 bits per heavy atom. The Morgan fingerprint density at radius 1 is 0.968 bits per heavy atom. The number of nitrogens with zero attached hydrogens (tertiary/aromatic N) is 2. The summed E-state index contributed by atoms with van der Waals surface area (Å²) in [7, 11) is 3.32. The van der Waals surface area contributed by atoms with Crippen LogP contribution in [0.4, 0.5) is 4.39 Å². The van der Waals surface area contributed by atoms with Crippen LogP contribution in [0.15, 0.2) is 59.2 Å². The van der Waals surface area contributed by atoms with E-state index in [0.29, 0.717) is 12.4 Å². The molecule has 0 unspecified atom stereocenters. The first kappa shape index (κ1) is 19.6. The van der Waals surface area contributed by atoms with Gasteiger partial charge in [-0.1, -0.05) is 12.1 Å². The lowest BCUT2D eigenvalue weighted by Gasteiger charge is -2.28. The maximum Gasteiger partial charge on any atom is 0.226 e. The third-order valence-electron chi connectivity index (χ3n) is 5.78. The van der Waals surface area contributed by atoms with Crippen LogP contribution in [0.3, 0.4) is 0 Å². The summed E-state index contributed by atoms with van der Waals surface area (Å²) in [5, 5.41) is 1.81. The van der Waals surface area contributed by atoms with E-state index in [1.165, 1.54) is 23.3 Å². The van der Waals surface area contributed by atoms with Gasteiger partial charge in [-0.05, 0) is 64.7 Å². The Labute approximate surface area is 180 Å². The molecular weight excluding hydrogens is 395 g/mol. The van der Waals surface area contributed by atoms with Gasteiger partial charge in [0.05, 0.1) is 19.9 Å². The maximum atomic E-state index is 13.4. The van der Waals surface area contributed by atoms with Gasteiger partial charge in [0.15, 0.2) is 11.5 Å². The third-order valence-corrected chi connectivity index (χ3v) is 5.78. The van der Waals surface area contributed by atoms with Crippen LogP contribution in [0.2, 0.25) is 0 Å². The maximum absolute atomic E-state index is 13.4. The summed E-state index contributed by atoms with van der Waals surface area (Å²) >= 11 is 0. The first-order chi connectivity index (χ1) is 15.1. The normalized spacial score (nSPS) is 13.9. The standard InChI is InChI=1S/C25H23FN2O3/c1-29-23-11-18-7-8-28(13-20(18)12-24(23)30-2)14-22-15-31-25(27-22)19-4-3-17-10-21(26)6-5-16(17)9-19/h3-6,9-12,15H,7-8,13-14H2,1-2H3. The average Bonchev–Trinajstić information content (AvgIpc) is 3.26. The second-order valence-corrected chi connectivity index (χ2v) is 7.79. The number of aromatic nitrogens is 1. The molecule has 0 saturated heterocycles. The fourth-order valence-corrected chi connectivity index (χ4v) is 4.17. The van der Waals surface area contributed by atoms with Gasteiger partial charge in [-0.3, -0.25) is 4.90 Å². The molecule has 3 aromatic carbocycles. The van der Waals surface area contributed by atoms with E-state index < -0.39 is 0 Å². The van der Waals surface area contributed by atoms with Crippen LogP contribution in [0.25, 0.3) is 22.2 Å². The van der Waals surface area contributed by atoms with Gasteiger partial charge in [0.25, 0.3) is 0 Å². The fraction of sp³-hybridized carbons (Fsp3) is 0.240. The molecule has 0 radical (unpaired) electrons. The van der Waals surface area contributed by atoms with Crippen molar-refractivity contribution in [2.45, 2.75) is 19.5 Å². The van der Waals surface area contributed by atoms with Crippen LogP contribution < -0.4 is 9.47 Å². The number of fused-ring (bicyclic) bond motifs is 2. The van der Waals surface area contributed by atoms with E-state index in [-0.39, 0.29) is 5.82 Å². The Bertz CT molecular complexity index is 1250. The van der Waals surface area contributed by atoms with Crippen molar-refractivity contribution in [1.29, 1.82) is 0 Å². The van der Waals surface area contributed by atoms with Crippen molar-refractivity contribution in [2.24, 2.45) is 0 Å². The predicted octanol–water partition coefficient (Wildman–Crippen LogP) is 5.21. The van der Waals surface area contributed by atoms with Crippen molar-refractivity contribution < 1.29 is 18.3 Å². The van der Waals surface area contributed by atoms with Gasteiger partial charge < -0.3 is 13.9 Å². The molecule has 31 heavy (non-hydrogen) atoms. The fourth-order valence-electron chi connectivity index (χ4n) is 4.17. The third kappa shape index (κ3) is 3.86. The van der Waals surface area contributed by atoms with Crippen LogP contribution in [0, 0.1) is 5.82 Å². The second-order valence-electron chi connectivity index (χ2n) is 7.79. The van der Waals surface area contributed by atoms with Gasteiger partial charge in [-0.15, -0.1) is 0 Å². The molecule has 0 amide bonds. The Balaban J connectivity index is 1.33. The molecule has 1 aliphatic heterocycles. The van der Waals surface area contributed by atoms with Gasteiger partial charge in [0.1, 0.15) is 12.1 Å². The second kappa shape index (κ2) is 8.04. The van der Waals surface area contributed by atoms with Crippen molar-refractivity contribution >= 4 is 10.8 Å². The van der Waals surface area contributed by atoms with E-state index in [1.807, 2.05) is 18.2 Å². The molecule has 1 aromatic heterocycles. The molecule has 5 rings (SSSR count). The van der Waals surface area contributed by atoms with Crippen LogP contribution >= 0.6 is 0 Å². The van der Waals surface area contributed by atoms with E-state index in [2.05, 4.69) is 22.0 Å². The number of oxazole rings is 1. The molecular formula is C25H23FN2O3. The Kier molecular flexibility index (Phi) is 5.08. The molecule has 6 heteroatoms. The lowest BCUT2D eigenvalue weighted by molar-refractivity contribution is 0.241. The zero-order chi connectivity index (χ0) is 21.4. The van der Waals surface area contributed by atoms with Crippen LogP contribution in [0.5, 0.6) is 11.5 Å².